The number of aromatic nitrogens is 1. The largest absolute Gasteiger partial charge is 0.359 e. The predicted octanol–water partition coefficient (Wildman–Crippen LogP) is 6.83. The summed E-state index contributed by atoms with van der Waals surface area (Å²) in [5, 5.41) is 0. The number of anilines is 1. The van der Waals surface area contributed by atoms with Crippen LogP contribution in [-0.4, -0.2) is 22.7 Å². The van der Waals surface area contributed by atoms with Crippen LogP contribution >= 0.6 is 0 Å². The monoisotopic (exact) mass is 423 g/mol. The van der Waals surface area contributed by atoms with Crippen LogP contribution in [0.4, 0.5) is 10.2 Å². The van der Waals surface area contributed by atoms with Gasteiger partial charge in [-0.2, -0.15) is 4.39 Å². The highest BCUT2D eigenvalue weighted by molar-refractivity contribution is 5.86. The second-order valence-electron chi connectivity index (χ2n) is 8.25. The van der Waals surface area contributed by atoms with E-state index in [2.05, 4.69) is 53.1 Å². The number of hydrogen-bond donors (Lipinski definition) is 0. The molecule has 5 rings (SSSR count). The van der Waals surface area contributed by atoms with Crippen LogP contribution in [0.3, 0.4) is 0 Å². The standard InChI is InChI=1S/C28H26FN3/c1-20-19-26(29)32(28(20)31-18-17-30(3)21(31)2)27-24(22-11-6-4-7-12-22)15-10-16-25(27)23-13-8-5-9-14-23/h4-19,21H,1-3H3/t21-/m0/s1. The number of nitrogens with zero attached hydrogens (tertiary/aromatic N) is 3. The Morgan fingerprint density at radius 1 is 0.750 bits per heavy atom. The van der Waals surface area contributed by atoms with E-state index in [1.165, 1.54) is 0 Å². The summed E-state index contributed by atoms with van der Waals surface area (Å²) in [6.45, 7) is 4.09. The van der Waals surface area contributed by atoms with Gasteiger partial charge in [-0.1, -0.05) is 78.9 Å². The summed E-state index contributed by atoms with van der Waals surface area (Å²) in [6, 6.07) is 28.2. The van der Waals surface area contributed by atoms with Gasteiger partial charge in [0, 0.05) is 30.6 Å². The van der Waals surface area contributed by atoms with Crippen molar-refractivity contribution in [1.29, 1.82) is 0 Å². The van der Waals surface area contributed by atoms with Crippen molar-refractivity contribution in [2.75, 3.05) is 11.9 Å². The second-order valence-corrected chi connectivity index (χ2v) is 8.25. The number of rotatable bonds is 4. The van der Waals surface area contributed by atoms with Gasteiger partial charge in [-0.3, -0.25) is 4.57 Å². The summed E-state index contributed by atoms with van der Waals surface area (Å²) in [4.78, 5) is 4.25. The Balaban J connectivity index is 1.84. The van der Waals surface area contributed by atoms with E-state index in [9.17, 15) is 0 Å². The summed E-state index contributed by atoms with van der Waals surface area (Å²) < 4.78 is 17.5. The normalized spacial score (nSPS) is 15.6. The summed E-state index contributed by atoms with van der Waals surface area (Å²) in [6.07, 6.45) is 4.14. The van der Waals surface area contributed by atoms with Gasteiger partial charge >= 0.3 is 0 Å². The van der Waals surface area contributed by atoms with E-state index in [1.54, 1.807) is 10.6 Å². The first-order valence-corrected chi connectivity index (χ1v) is 10.9. The molecular formula is C28H26FN3. The van der Waals surface area contributed by atoms with Crippen LogP contribution in [0, 0.1) is 12.9 Å². The molecule has 0 N–H and O–H groups in total. The molecule has 0 saturated heterocycles. The number of aryl methyl sites for hydroxylation is 1. The predicted molar refractivity (Wildman–Crippen MR) is 130 cm³/mol. The fourth-order valence-electron chi connectivity index (χ4n) is 4.47. The third kappa shape index (κ3) is 3.28. The average molecular weight is 424 g/mol. The minimum atomic E-state index is -0.270. The number of hydrogen-bond acceptors (Lipinski definition) is 2. The lowest BCUT2D eigenvalue weighted by atomic mass is 9.95. The van der Waals surface area contributed by atoms with Crippen molar-refractivity contribution in [2.45, 2.75) is 20.0 Å². The highest BCUT2D eigenvalue weighted by Gasteiger charge is 2.29. The Morgan fingerprint density at radius 3 is 1.81 bits per heavy atom. The van der Waals surface area contributed by atoms with Crippen LogP contribution in [0.1, 0.15) is 12.5 Å². The van der Waals surface area contributed by atoms with E-state index < -0.39 is 0 Å². The van der Waals surface area contributed by atoms with E-state index in [-0.39, 0.29) is 12.1 Å². The van der Waals surface area contributed by atoms with Gasteiger partial charge < -0.3 is 9.80 Å². The zero-order chi connectivity index (χ0) is 22.2. The second kappa shape index (κ2) is 8.04. The molecule has 0 fully saturated rings. The van der Waals surface area contributed by atoms with Crippen molar-refractivity contribution in [3.05, 3.63) is 109 Å². The van der Waals surface area contributed by atoms with Gasteiger partial charge in [-0.05, 0) is 36.6 Å². The van der Waals surface area contributed by atoms with Crippen LogP contribution in [-0.2, 0) is 0 Å². The van der Waals surface area contributed by atoms with E-state index in [1.807, 2.05) is 68.8 Å². The van der Waals surface area contributed by atoms with Crippen molar-refractivity contribution in [1.82, 2.24) is 9.47 Å². The van der Waals surface area contributed by atoms with Crippen molar-refractivity contribution < 1.29 is 4.39 Å². The highest BCUT2D eigenvalue weighted by Crippen LogP contribution is 2.41. The lowest BCUT2D eigenvalue weighted by molar-refractivity contribution is 0.380. The summed E-state index contributed by atoms with van der Waals surface area (Å²) in [5.74, 6) is 0.573. The molecule has 4 aromatic rings. The number of para-hydroxylation sites is 1. The Kier molecular flexibility index (Phi) is 5.06. The molecule has 1 aliphatic rings. The van der Waals surface area contributed by atoms with Gasteiger partial charge in [0.05, 0.1) is 5.69 Å². The summed E-state index contributed by atoms with van der Waals surface area (Å²) in [7, 11) is 2.04. The van der Waals surface area contributed by atoms with Crippen LogP contribution in [0.15, 0.2) is 97.3 Å². The van der Waals surface area contributed by atoms with Crippen LogP contribution in [0.5, 0.6) is 0 Å². The Morgan fingerprint density at radius 2 is 1.31 bits per heavy atom. The Labute approximate surface area is 188 Å². The molecule has 32 heavy (non-hydrogen) atoms. The highest BCUT2D eigenvalue weighted by atomic mass is 19.1. The molecule has 0 bridgehead atoms. The molecule has 0 aliphatic carbocycles. The lowest BCUT2D eigenvalue weighted by Crippen LogP contribution is -2.35. The van der Waals surface area contributed by atoms with E-state index in [0.717, 1.165) is 39.3 Å². The van der Waals surface area contributed by atoms with Crippen molar-refractivity contribution in [2.24, 2.45) is 0 Å². The van der Waals surface area contributed by atoms with Gasteiger partial charge in [-0.15, -0.1) is 0 Å². The van der Waals surface area contributed by atoms with E-state index in [4.69, 9.17) is 0 Å². The molecule has 0 spiro atoms. The molecule has 1 aliphatic heterocycles. The zero-order valence-corrected chi connectivity index (χ0v) is 18.5. The molecular weight excluding hydrogens is 397 g/mol. The van der Waals surface area contributed by atoms with Gasteiger partial charge in [-0.25, -0.2) is 0 Å². The Bertz CT molecular complexity index is 1220. The SMILES string of the molecule is Cc1cc(F)n(-c2c(-c3ccccc3)cccc2-c2ccccc2)c1N1C=CN(C)[C@@H]1C. The van der Waals surface area contributed by atoms with Gasteiger partial charge in [0.2, 0.25) is 0 Å². The van der Waals surface area contributed by atoms with Crippen LogP contribution in [0.2, 0.25) is 0 Å². The van der Waals surface area contributed by atoms with E-state index in [0.29, 0.717) is 0 Å². The lowest BCUT2D eigenvalue weighted by Gasteiger charge is -2.30. The summed E-state index contributed by atoms with van der Waals surface area (Å²) >= 11 is 0. The first kappa shape index (κ1) is 20.1. The third-order valence-corrected chi connectivity index (χ3v) is 6.24. The molecule has 1 atom stereocenters. The van der Waals surface area contributed by atoms with Crippen molar-refractivity contribution in [3.63, 3.8) is 0 Å². The Hall–Kier alpha value is -3.79. The minimum Gasteiger partial charge on any atom is -0.359 e. The molecule has 0 radical (unpaired) electrons. The van der Waals surface area contributed by atoms with Crippen LogP contribution < -0.4 is 4.90 Å². The summed E-state index contributed by atoms with van der Waals surface area (Å²) in [5.41, 5.74) is 5.84. The maximum absolute atomic E-state index is 15.7. The molecule has 3 aromatic carbocycles. The minimum absolute atomic E-state index is 0.0887. The van der Waals surface area contributed by atoms with Gasteiger partial charge in [0.15, 0.2) is 5.95 Å². The molecule has 160 valence electrons. The molecule has 2 heterocycles. The number of halogens is 1. The topological polar surface area (TPSA) is 11.4 Å². The molecule has 0 unspecified atom stereocenters. The first-order valence-electron chi connectivity index (χ1n) is 10.9. The van der Waals surface area contributed by atoms with Gasteiger partial charge in [0.1, 0.15) is 12.0 Å². The van der Waals surface area contributed by atoms with E-state index >= 15 is 4.39 Å². The smallest absolute Gasteiger partial charge is 0.200 e. The zero-order valence-electron chi connectivity index (χ0n) is 18.5. The molecule has 0 saturated carbocycles. The van der Waals surface area contributed by atoms with Crippen LogP contribution in [0.25, 0.3) is 27.9 Å². The number of benzene rings is 3. The molecule has 4 heteroatoms. The van der Waals surface area contributed by atoms with Crippen molar-refractivity contribution in [3.8, 4) is 27.9 Å². The quantitative estimate of drug-likeness (QED) is 0.356. The molecule has 0 amide bonds. The van der Waals surface area contributed by atoms with Gasteiger partial charge in [0.25, 0.3) is 0 Å². The third-order valence-electron chi connectivity index (χ3n) is 6.24. The molecule has 3 nitrogen and oxygen atoms in total. The fourth-order valence-corrected chi connectivity index (χ4v) is 4.47. The first-order chi connectivity index (χ1) is 15.6. The average Bonchev–Trinajstić information content (AvgIpc) is 3.30. The maximum atomic E-state index is 15.7. The van der Waals surface area contributed by atoms with Crippen molar-refractivity contribution >= 4 is 5.82 Å². The maximum Gasteiger partial charge on any atom is 0.200 e. The fraction of sp³-hybridized carbons (Fsp3) is 0.143. The molecule has 1 aromatic heterocycles.